The Morgan fingerprint density at radius 3 is 2.38 bits per heavy atom. The van der Waals surface area contributed by atoms with Crippen molar-refractivity contribution in [3.05, 3.63) is 59.1 Å². The molecule has 2 aromatic rings. The van der Waals surface area contributed by atoms with Gasteiger partial charge in [-0.3, -0.25) is 10.1 Å². The van der Waals surface area contributed by atoms with Gasteiger partial charge in [0.25, 0.3) is 0 Å². The van der Waals surface area contributed by atoms with Crippen molar-refractivity contribution in [3.8, 4) is 0 Å². The molecule has 0 saturated heterocycles. The van der Waals surface area contributed by atoms with E-state index in [1.54, 1.807) is 36.4 Å². The fourth-order valence-corrected chi connectivity index (χ4v) is 2.30. The molecule has 0 aromatic heterocycles. The van der Waals surface area contributed by atoms with Crippen LogP contribution in [-0.4, -0.2) is 32.3 Å². The minimum atomic E-state index is -0.576. The number of amides is 2. The Kier molecular flexibility index (Phi) is 7.92. The number of nitrogens with one attached hydrogen (secondary N) is 2. The van der Waals surface area contributed by atoms with E-state index in [9.17, 15) is 9.59 Å². The van der Waals surface area contributed by atoms with Crippen LogP contribution in [0.2, 0.25) is 5.02 Å². The zero-order valence-corrected chi connectivity index (χ0v) is 15.2. The van der Waals surface area contributed by atoms with Crippen molar-refractivity contribution in [1.29, 1.82) is 0 Å². The molecule has 2 amide bonds. The Hall–Kier alpha value is -2.57. The van der Waals surface area contributed by atoms with Crippen LogP contribution in [-0.2, 0) is 20.7 Å². The van der Waals surface area contributed by atoms with Crippen molar-refractivity contribution in [1.82, 2.24) is 0 Å². The Labute approximate surface area is 157 Å². The molecule has 0 radical (unpaired) electrons. The van der Waals surface area contributed by atoms with E-state index in [1.807, 2.05) is 12.1 Å². The summed E-state index contributed by atoms with van der Waals surface area (Å²) in [5, 5.41) is 6.08. The highest BCUT2D eigenvalue weighted by Gasteiger charge is 2.06. The first kappa shape index (κ1) is 19.8. The Morgan fingerprint density at radius 2 is 1.69 bits per heavy atom. The van der Waals surface area contributed by atoms with Crippen LogP contribution in [0.4, 0.5) is 16.2 Å². The first-order valence-electron chi connectivity index (χ1n) is 8.14. The average molecular weight is 377 g/mol. The second kappa shape index (κ2) is 10.4. The van der Waals surface area contributed by atoms with Crippen LogP contribution in [0.15, 0.2) is 48.5 Å². The molecule has 6 nitrogen and oxygen atoms in total. The highest BCUT2D eigenvalue weighted by atomic mass is 35.5. The maximum atomic E-state index is 12.1. The van der Waals surface area contributed by atoms with Gasteiger partial charge in [-0.05, 0) is 42.3 Å². The first-order valence-corrected chi connectivity index (χ1v) is 8.51. The highest BCUT2D eigenvalue weighted by molar-refractivity contribution is 6.30. The van der Waals surface area contributed by atoms with Crippen molar-refractivity contribution in [2.75, 3.05) is 31.0 Å². The van der Waals surface area contributed by atoms with Crippen molar-refractivity contribution in [2.24, 2.45) is 0 Å². The molecule has 0 bridgehead atoms. The smallest absolute Gasteiger partial charge is 0.411 e. The predicted molar refractivity (Wildman–Crippen MR) is 102 cm³/mol. The monoisotopic (exact) mass is 376 g/mol. The second-order valence-electron chi connectivity index (χ2n) is 5.51. The fraction of sp³-hybridized carbons (Fsp3) is 0.263. The highest BCUT2D eigenvalue weighted by Crippen LogP contribution is 2.16. The second-order valence-corrected chi connectivity index (χ2v) is 5.95. The molecule has 2 rings (SSSR count). The van der Waals surface area contributed by atoms with Crippen LogP contribution in [0.1, 0.15) is 12.0 Å². The molecular formula is C19H21ClN2O4. The molecule has 138 valence electrons. The van der Waals surface area contributed by atoms with Gasteiger partial charge >= 0.3 is 6.09 Å². The minimum absolute atomic E-state index is 0.111. The van der Waals surface area contributed by atoms with E-state index in [0.29, 0.717) is 35.8 Å². The Bertz CT molecular complexity index is 735. The molecule has 0 saturated carbocycles. The van der Waals surface area contributed by atoms with E-state index in [2.05, 4.69) is 10.6 Å². The van der Waals surface area contributed by atoms with Crippen LogP contribution in [0.5, 0.6) is 0 Å². The number of anilines is 2. The summed E-state index contributed by atoms with van der Waals surface area (Å²) in [5.41, 5.74) is 2.17. The quantitative estimate of drug-likeness (QED) is 0.680. The number of methoxy groups -OCH3 is 1. The Morgan fingerprint density at radius 1 is 1.00 bits per heavy atom. The summed E-state index contributed by atoms with van der Waals surface area (Å²) in [7, 11) is 1.53. The van der Waals surface area contributed by atoms with Crippen molar-refractivity contribution >= 4 is 35.0 Å². The SMILES string of the molecule is COCCOC(=O)Nc1cccc(NC(=O)CCc2ccc(Cl)cc2)c1. The summed E-state index contributed by atoms with van der Waals surface area (Å²) >= 11 is 5.84. The third-order valence-corrected chi connectivity index (χ3v) is 3.72. The standard InChI is InChI=1S/C19H21ClN2O4/c1-25-11-12-26-19(24)22-17-4-2-3-16(13-17)21-18(23)10-7-14-5-8-15(20)9-6-14/h2-6,8-9,13H,7,10-12H2,1H3,(H,21,23)(H,22,24). The molecule has 0 aliphatic heterocycles. The maximum Gasteiger partial charge on any atom is 0.411 e. The molecule has 0 fully saturated rings. The number of aryl methyl sites for hydroxylation is 1. The van der Waals surface area contributed by atoms with Gasteiger partial charge in [0.1, 0.15) is 6.61 Å². The van der Waals surface area contributed by atoms with Gasteiger partial charge in [0.15, 0.2) is 0 Å². The number of benzene rings is 2. The number of hydrogen-bond acceptors (Lipinski definition) is 4. The zero-order chi connectivity index (χ0) is 18.8. The van der Waals surface area contributed by atoms with Gasteiger partial charge in [-0.15, -0.1) is 0 Å². The molecule has 2 N–H and O–H groups in total. The molecule has 0 atom stereocenters. The van der Waals surface area contributed by atoms with Gasteiger partial charge in [-0.25, -0.2) is 4.79 Å². The topological polar surface area (TPSA) is 76.7 Å². The van der Waals surface area contributed by atoms with Crippen LogP contribution in [0.3, 0.4) is 0 Å². The maximum absolute atomic E-state index is 12.1. The molecule has 2 aromatic carbocycles. The molecule has 0 aliphatic carbocycles. The summed E-state index contributed by atoms with van der Waals surface area (Å²) in [6.07, 6.45) is 0.388. The third-order valence-electron chi connectivity index (χ3n) is 3.47. The van der Waals surface area contributed by atoms with Gasteiger partial charge < -0.3 is 14.8 Å². The van der Waals surface area contributed by atoms with Gasteiger partial charge in [0, 0.05) is 29.9 Å². The van der Waals surface area contributed by atoms with Crippen molar-refractivity contribution in [2.45, 2.75) is 12.8 Å². The van der Waals surface area contributed by atoms with Crippen molar-refractivity contribution < 1.29 is 19.1 Å². The van der Waals surface area contributed by atoms with E-state index >= 15 is 0 Å². The van der Waals surface area contributed by atoms with E-state index < -0.39 is 6.09 Å². The zero-order valence-electron chi connectivity index (χ0n) is 14.5. The number of halogens is 1. The molecule has 0 heterocycles. The number of rotatable bonds is 8. The normalized spacial score (nSPS) is 10.2. The fourth-order valence-electron chi connectivity index (χ4n) is 2.18. The number of hydrogen-bond donors (Lipinski definition) is 2. The Balaban J connectivity index is 1.82. The van der Waals surface area contributed by atoms with E-state index in [1.165, 1.54) is 7.11 Å². The molecule has 0 spiro atoms. The lowest BCUT2D eigenvalue weighted by Gasteiger charge is -2.09. The molecule has 0 aliphatic rings. The summed E-state index contributed by atoms with van der Waals surface area (Å²) in [4.78, 5) is 23.7. The third kappa shape index (κ3) is 7.13. The van der Waals surface area contributed by atoms with Gasteiger partial charge in [0.2, 0.25) is 5.91 Å². The lowest BCUT2D eigenvalue weighted by Crippen LogP contribution is -2.17. The molecule has 26 heavy (non-hydrogen) atoms. The van der Waals surface area contributed by atoms with Gasteiger partial charge in [-0.1, -0.05) is 29.8 Å². The predicted octanol–water partition coefficient (Wildman–Crippen LogP) is 4.11. The average Bonchev–Trinajstić information content (AvgIpc) is 2.62. The van der Waals surface area contributed by atoms with E-state index in [-0.39, 0.29) is 12.5 Å². The van der Waals surface area contributed by atoms with Crippen LogP contribution in [0.25, 0.3) is 0 Å². The summed E-state index contributed by atoms with van der Waals surface area (Å²) in [6.45, 7) is 0.501. The summed E-state index contributed by atoms with van der Waals surface area (Å²) < 4.78 is 9.74. The molecular weight excluding hydrogens is 356 g/mol. The van der Waals surface area contributed by atoms with Gasteiger partial charge in [-0.2, -0.15) is 0 Å². The van der Waals surface area contributed by atoms with Crippen LogP contribution in [0, 0.1) is 0 Å². The van der Waals surface area contributed by atoms with Gasteiger partial charge in [0.05, 0.1) is 6.61 Å². The number of carbonyl (C=O) groups excluding carboxylic acids is 2. The summed E-state index contributed by atoms with van der Waals surface area (Å²) in [6, 6.07) is 14.3. The lowest BCUT2D eigenvalue weighted by molar-refractivity contribution is -0.116. The molecule has 0 unspecified atom stereocenters. The first-order chi connectivity index (χ1) is 12.6. The number of carbonyl (C=O) groups is 2. The summed E-state index contributed by atoms with van der Waals surface area (Å²) in [5.74, 6) is -0.111. The largest absolute Gasteiger partial charge is 0.447 e. The van der Waals surface area contributed by atoms with E-state index in [4.69, 9.17) is 21.1 Å². The minimum Gasteiger partial charge on any atom is -0.447 e. The van der Waals surface area contributed by atoms with Crippen LogP contribution < -0.4 is 10.6 Å². The number of ether oxygens (including phenoxy) is 2. The van der Waals surface area contributed by atoms with E-state index in [0.717, 1.165) is 5.56 Å². The molecule has 7 heteroatoms. The van der Waals surface area contributed by atoms with Crippen LogP contribution >= 0.6 is 11.6 Å². The lowest BCUT2D eigenvalue weighted by atomic mass is 10.1. The van der Waals surface area contributed by atoms with Crippen molar-refractivity contribution in [3.63, 3.8) is 0 Å².